The van der Waals surface area contributed by atoms with Crippen molar-refractivity contribution < 1.29 is 13.9 Å². The Balaban J connectivity index is 1.73. The summed E-state index contributed by atoms with van der Waals surface area (Å²) in [5, 5.41) is 6.13. The van der Waals surface area contributed by atoms with E-state index in [1.54, 1.807) is 30.5 Å². The van der Waals surface area contributed by atoms with Crippen molar-refractivity contribution in [2.24, 2.45) is 5.10 Å². The molecule has 1 unspecified atom stereocenters. The molecule has 0 spiro atoms. The van der Waals surface area contributed by atoms with Crippen LogP contribution in [0.15, 0.2) is 82.5 Å². The van der Waals surface area contributed by atoms with Crippen LogP contribution < -0.4 is 4.74 Å². The van der Waals surface area contributed by atoms with Gasteiger partial charge in [-0.1, -0.05) is 30.3 Å². The Bertz CT molecular complexity index is 933. The van der Waals surface area contributed by atoms with E-state index in [9.17, 15) is 4.79 Å². The Morgan fingerprint density at radius 1 is 1.12 bits per heavy atom. The normalized spacial score (nSPS) is 16.4. The number of furan rings is 1. The topological polar surface area (TPSA) is 55.0 Å². The summed E-state index contributed by atoms with van der Waals surface area (Å²) in [4.78, 5) is 13.1. The average molecular weight is 346 g/mol. The summed E-state index contributed by atoms with van der Waals surface area (Å²) in [6.45, 7) is 0. The van der Waals surface area contributed by atoms with Crippen LogP contribution in [0.3, 0.4) is 0 Å². The first-order valence-corrected chi connectivity index (χ1v) is 8.40. The van der Waals surface area contributed by atoms with E-state index < -0.39 is 0 Å². The molecule has 0 N–H and O–H groups in total. The molecule has 1 aliphatic rings. The summed E-state index contributed by atoms with van der Waals surface area (Å²) in [5.74, 6) is 1.29. The van der Waals surface area contributed by atoms with Crippen LogP contribution in [-0.2, 0) is 0 Å². The number of hydrogen-bond acceptors (Lipinski definition) is 4. The van der Waals surface area contributed by atoms with Gasteiger partial charge in [0.2, 0.25) is 0 Å². The number of carbonyl (C=O) groups is 1. The fourth-order valence-corrected chi connectivity index (χ4v) is 3.11. The zero-order chi connectivity index (χ0) is 17.9. The average Bonchev–Trinajstić information content (AvgIpc) is 3.38. The van der Waals surface area contributed by atoms with Crippen molar-refractivity contribution in [2.45, 2.75) is 12.5 Å². The second kappa shape index (κ2) is 6.88. The summed E-state index contributed by atoms with van der Waals surface area (Å²) in [6, 6.07) is 20.4. The van der Waals surface area contributed by atoms with Crippen molar-refractivity contribution in [3.8, 4) is 5.75 Å². The molecule has 4 rings (SSSR count). The standard InChI is InChI=1S/C21H18N2O3/c1-25-17-10-5-9-16(13-17)19-14-18(20-11-6-12-26-20)22-23(19)21(24)15-7-3-2-4-8-15/h2-13,19H,14H2,1H3. The van der Waals surface area contributed by atoms with E-state index in [-0.39, 0.29) is 11.9 Å². The fourth-order valence-electron chi connectivity index (χ4n) is 3.11. The Kier molecular flexibility index (Phi) is 4.27. The van der Waals surface area contributed by atoms with Crippen molar-refractivity contribution in [3.05, 3.63) is 89.9 Å². The Morgan fingerprint density at radius 2 is 1.96 bits per heavy atom. The van der Waals surface area contributed by atoms with Gasteiger partial charge in [-0.15, -0.1) is 0 Å². The molecule has 3 aromatic rings. The number of hydrazone groups is 1. The van der Waals surface area contributed by atoms with Crippen LogP contribution in [-0.4, -0.2) is 23.7 Å². The van der Waals surface area contributed by atoms with Gasteiger partial charge in [0.25, 0.3) is 5.91 Å². The molecule has 0 radical (unpaired) electrons. The van der Waals surface area contributed by atoms with Gasteiger partial charge in [0.15, 0.2) is 0 Å². The lowest BCUT2D eigenvalue weighted by Gasteiger charge is -2.22. The molecule has 2 aromatic carbocycles. The van der Waals surface area contributed by atoms with Crippen LogP contribution in [0.2, 0.25) is 0 Å². The Hall–Kier alpha value is -3.34. The maximum atomic E-state index is 13.1. The third-order valence-electron chi connectivity index (χ3n) is 4.42. The van der Waals surface area contributed by atoms with Crippen LogP contribution in [0.1, 0.15) is 34.1 Å². The molecule has 0 aliphatic carbocycles. The zero-order valence-corrected chi connectivity index (χ0v) is 14.3. The third kappa shape index (κ3) is 2.99. The molecule has 0 bridgehead atoms. The third-order valence-corrected chi connectivity index (χ3v) is 4.42. The zero-order valence-electron chi connectivity index (χ0n) is 14.3. The predicted molar refractivity (Wildman–Crippen MR) is 98.2 cm³/mol. The summed E-state index contributed by atoms with van der Waals surface area (Å²) in [7, 11) is 1.63. The number of benzene rings is 2. The van der Waals surface area contributed by atoms with E-state index in [0.29, 0.717) is 17.7 Å². The highest BCUT2D eigenvalue weighted by Gasteiger charge is 2.34. The second-order valence-electron chi connectivity index (χ2n) is 6.04. The summed E-state index contributed by atoms with van der Waals surface area (Å²) in [5.41, 5.74) is 2.33. The quantitative estimate of drug-likeness (QED) is 0.708. The van der Waals surface area contributed by atoms with Gasteiger partial charge in [0.1, 0.15) is 17.2 Å². The number of carbonyl (C=O) groups excluding carboxylic acids is 1. The van der Waals surface area contributed by atoms with E-state index in [2.05, 4.69) is 5.10 Å². The molecule has 1 amide bonds. The minimum atomic E-state index is -0.210. The molecule has 5 heteroatoms. The summed E-state index contributed by atoms with van der Waals surface area (Å²) in [6.07, 6.45) is 2.19. The molecule has 130 valence electrons. The van der Waals surface area contributed by atoms with E-state index >= 15 is 0 Å². The van der Waals surface area contributed by atoms with Gasteiger partial charge < -0.3 is 9.15 Å². The van der Waals surface area contributed by atoms with E-state index in [1.807, 2.05) is 54.6 Å². The molecule has 0 saturated carbocycles. The highest BCUT2D eigenvalue weighted by Crippen LogP contribution is 2.35. The number of hydrogen-bond donors (Lipinski definition) is 0. The molecule has 0 saturated heterocycles. The fraction of sp³-hybridized carbons (Fsp3) is 0.143. The summed E-state index contributed by atoms with van der Waals surface area (Å²) >= 11 is 0. The van der Waals surface area contributed by atoms with Gasteiger partial charge in [0, 0.05) is 12.0 Å². The van der Waals surface area contributed by atoms with Gasteiger partial charge in [-0.25, -0.2) is 5.01 Å². The van der Waals surface area contributed by atoms with E-state index in [1.165, 1.54) is 0 Å². The first kappa shape index (κ1) is 16.1. The summed E-state index contributed by atoms with van der Waals surface area (Å²) < 4.78 is 10.8. The van der Waals surface area contributed by atoms with Crippen molar-refractivity contribution in [3.63, 3.8) is 0 Å². The molecular weight excluding hydrogens is 328 g/mol. The second-order valence-corrected chi connectivity index (χ2v) is 6.04. The highest BCUT2D eigenvalue weighted by molar-refractivity contribution is 6.03. The smallest absolute Gasteiger partial charge is 0.274 e. The number of methoxy groups -OCH3 is 1. The predicted octanol–water partition coefficient (Wildman–Crippen LogP) is 4.28. The SMILES string of the molecule is COc1cccc(C2CC(c3ccco3)=NN2C(=O)c2ccccc2)c1. The first-order chi connectivity index (χ1) is 12.8. The van der Waals surface area contributed by atoms with Gasteiger partial charge in [-0.05, 0) is 42.0 Å². The largest absolute Gasteiger partial charge is 0.497 e. The first-order valence-electron chi connectivity index (χ1n) is 8.40. The van der Waals surface area contributed by atoms with Gasteiger partial charge in [-0.2, -0.15) is 5.10 Å². The number of nitrogens with zero attached hydrogens (tertiary/aromatic N) is 2. The lowest BCUT2D eigenvalue weighted by atomic mass is 10.00. The Morgan fingerprint density at radius 3 is 2.69 bits per heavy atom. The van der Waals surface area contributed by atoms with E-state index in [0.717, 1.165) is 17.0 Å². The minimum absolute atomic E-state index is 0.139. The lowest BCUT2D eigenvalue weighted by molar-refractivity contribution is 0.0711. The van der Waals surface area contributed by atoms with Crippen LogP contribution in [0.5, 0.6) is 5.75 Å². The molecule has 1 aliphatic heterocycles. The van der Waals surface area contributed by atoms with Crippen LogP contribution in [0.4, 0.5) is 0 Å². The molecule has 1 atom stereocenters. The monoisotopic (exact) mass is 346 g/mol. The molecule has 1 aromatic heterocycles. The van der Waals surface area contributed by atoms with Crippen molar-refractivity contribution in [1.82, 2.24) is 5.01 Å². The molecule has 2 heterocycles. The lowest BCUT2D eigenvalue weighted by Crippen LogP contribution is -2.27. The molecule has 5 nitrogen and oxygen atoms in total. The van der Waals surface area contributed by atoms with Crippen LogP contribution in [0.25, 0.3) is 0 Å². The van der Waals surface area contributed by atoms with Gasteiger partial charge in [0.05, 0.1) is 19.4 Å². The van der Waals surface area contributed by atoms with Crippen molar-refractivity contribution in [2.75, 3.05) is 7.11 Å². The van der Waals surface area contributed by atoms with Crippen molar-refractivity contribution in [1.29, 1.82) is 0 Å². The molecular formula is C21H18N2O3. The molecule has 0 fully saturated rings. The number of amides is 1. The number of rotatable bonds is 4. The van der Waals surface area contributed by atoms with Crippen molar-refractivity contribution >= 4 is 11.6 Å². The highest BCUT2D eigenvalue weighted by atomic mass is 16.5. The Labute approximate surface area is 151 Å². The minimum Gasteiger partial charge on any atom is -0.497 e. The maximum absolute atomic E-state index is 13.1. The van der Waals surface area contributed by atoms with Crippen LogP contribution in [0, 0.1) is 0 Å². The van der Waals surface area contributed by atoms with Gasteiger partial charge in [-0.3, -0.25) is 4.79 Å². The maximum Gasteiger partial charge on any atom is 0.274 e. The van der Waals surface area contributed by atoms with E-state index in [4.69, 9.17) is 9.15 Å². The van der Waals surface area contributed by atoms with Gasteiger partial charge >= 0.3 is 0 Å². The number of ether oxygens (including phenoxy) is 1. The molecule has 26 heavy (non-hydrogen) atoms. The van der Waals surface area contributed by atoms with Crippen LogP contribution >= 0.6 is 0 Å².